The largest absolute Gasteiger partial charge is 0.493 e. The normalized spacial score (nSPS) is 13.7. The van der Waals surface area contributed by atoms with Gasteiger partial charge in [0.15, 0.2) is 11.5 Å². The number of methoxy groups -OCH3 is 2. The Morgan fingerprint density at radius 3 is 2.38 bits per heavy atom. The number of anilines is 3. The Morgan fingerprint density at radius 1 is 1.06 bits per heavy atom. The number of rotatable bonds is 8. The summed E-state index contributed by atoms with van der Waals surface area (Å²) in [6, 6.07) is 4.92. The fourth-order valence-corrected chi connectivity index (χ4v) is 3.95. The van der Waals surface area contributed by atoms with Gasteiger partial charge in [-0.1, -0.05) is 6.92 Å². The standard InChI is InChI=1S/C22H31N5O5/c1-4-10-26-20(23)19(25-11-6-5-7-12-25)21(29)27(22(26)30)14-18(28)24-15-8-9-16(31-2)17(13-15)32-3/h8-9,13H,4-7,10-12,14,23H2,1-3H3,(H,24,28). The van der Waals surface area contributed by atoms with E-state index in [2.05, 4.69) is 5.32 Å². The van der Waals surface area contributed by atoms with E-state index in [0.29, 0.717) is 48.9 Å². The van der Waals surface area contributed by atoms with E-state index in [1.165, 1.54) is 18.8 Å². The molecule has 2 heterocycles. The summed E-state index contributed by atoms with van der Waals surface area (Å²) in [5, 5.41) is 2.71. The van der Waals surface area contributed by atoms with Crippen molar-refractivity contribution in [3.8, 4) is 11.5 Å². The maximum atomic E-state index is 13.2. The molecule has 3 N–H and O–H groups in total. The van der Waals surface area contributed by atoms with Gasteiger partial charge in [-0.2, -0.15) is 0 Å². The van der Waals surface area contributed by atoms with E-state index in [0.717, 1.165) is 23.8 Å². The highest BCUT2D eigenvalue weighted by molar-refractivity contribution is 5.91. The van der Waals surface area contributed by atoms with Crippen LogP contribution in [0.25, 0.3) is 0 Å². The Bertz CT molecular complexity index is 1090. The van der Waals surface area contributed by atoms with E-state index in [9.17, 15) is 14.4 Å². The van der Waals surface area contributed by atoms with Crippen molar-refractivity contribution in [1.82, 2.24) is 9.13 Å². The Labute approximate surface area is 186 Å². The van der Waals surface area contributed by atoms with Crippen molar-refractivity contribution in [3.05, 3.63) is 39.0 Å². The summed E-state index contributed by atoms with van der Waals surface area (Å²) < 4.78 is 12.8. The molecule has 0 atom stereocenters. The van der Waals surface area contributed by atoms with Gasteiger partial charge in [-0.25, -0.2) is 9.36 Å². The molecule has 0 unspecified atom stereocenters. The minimum atomic E-state index is -0.586. The number of hydrogen-bond acceptors (Lipinski definition) is 7. The van der Waals surface area contributed by atoms with Gasteiger partial charge >= 0.3 is 5.69 Å². The van der Waals surface area contributed by atoms with Crippen molar-refractivity contribution in [2.24, 2.45) is 0 Å². The van der Waals surface area contributed by atoms with Crippen molar-refractivity contribution in [2.45, 2.75) is 45.7 Å². The number of carbonyl (C=O) groups excluding carboxylic acids is 1. The number of carbonyl (C=O) groups is 1. The van der Waals surface area contributed by atoms with Gasteiger partial charge in [-0.05, 0) is 37.8 Å². The Kier molecular flexibility index (Phi) is 7.45. The second-order valence-corrected chi connectivity index (χ2v) is 7.73. The first-order chi connectivity index (χ1) is 15.4. The van der Waals surface area contributed by atoms with E-state index in [1.807, 2.05) is 11.8 Å². The number of aromatic nitrogens is 2. The van der Waals surface area contributed by atoms with Crippen LogP contribution < -0.4 is 36.7 Å². The van der Waals surface area contributed by atoms with Crippen LogP contribution in [-0.4, -0.2) is 42.4 Å². The number of nitrogens with one attached hydrogen (secondary N) is 1. The van der Waals surface area contributed by atoms with Crippen molar-refractivity contribution in [3.63, 3.8) is 0 Å². The topological polar surface area (TPSA) is 121 Å². The summed E-state index contributed by atoms with van der Waals surface area (Å²) in [5.41, 5.74) is 5.90. The zero-order chi connectivity index (χ0) is 23.3. The third-order valence-corrected chi connectivity index (χ3v) is 5.53. The first-order valence-electron chi connectivity index (χ1n) is 10.8. The number of amides is 1. The van der Waals surface area contributed by atoms with Crippen LogP contribution in [0.3, 0.4) is 0 Å². The second-order valence-electron chi connectivity index (χ2n) is 7.73. The first kappa shape index (κ1) is 23.2. The molecule has 1 amide bonds. The summed E-state index contributed by atoms with van der Waals surface area (Å²) in [7, 11) is 3.01. The molecule has 1 fully saturated rings. The van der Waals surface area contributed by atoms with Crippen LogP contribution in [0.2, 0.25) is 0 Å². The number of piperidine rings is 1. The summed E-state index contributed by atoms with van der Waals surface area (Å²) >= 11 is 0. The fraction of sp³-hybridized carbons (Fsp3) is 0.500. The van der Waals surface area contributed by atoms with Gasteiger partial charge in [-0.15, -0.1) is 0 Å². The van der Waals surface area contributed by atoms with Crippen molar-refractivity contribution in [2.75, 3.05) is 43.3 Å². The number of ether oxygens (including phenoxy) is 2. The molecule has 3 rings (SSSR count). The summed E-state index contributed by atoms with van der Waals surface area (Å²) in [4.78, 5) is 40.9. The third-order valence-electron chi connectivity index (χ3n) is 5.53. The minimum Gasteiger partial charge on any atom is -0.493 e. The molecule has 1 aliphatic rings. The molecule has 2 aromatic rings. The second kappa shape index (κ2) is 10.3. The molecule has 1 aliphatic heterocycles. The fourth-order valence-electron chi connectivity index (χ4n) is 3.95. The molecule has 0 bridgehead atoms. The van der Waals surface area contributed by atoms with E-state index in [1.54, 1.807) is 18.2 Å². The van der Waals surface area contributed by atoms with Gasteiger partial charge in [0.1, 0.15) is 18.1 Å². The number of nitrogen functional groups attached to an aromatic ring is 1. The lowest BCUT2D eigenvalue weighted by Crippen LogP contribution is -2.47. The highest BCUT2D eigenvalue weighted by atomic mass is 16.5. The lowest BCUT2D eigenvalue weighted by Gasteiger charge is -2.30. The van der Waals surface area contributed by atoms with Gasteiger partial charge in [0.25, 0.3) is 5.56 Å². The highest BCUT2D eigenvalue weighted by Gasteiger charge is 2.24. The number of benzene rings is 1. The van der Waals surface area contributed by atoms with Crippen LogP contribution in [-0.2, 0) is 17.9 Å². The van der Waals surface area contributed by atoms with Gasteiger partial charge in [0, 0.05) is 31.4 Å². The smallest absolute Gasteiger partial charge is 0.333 e. The third kappa shape index (κ3) is 4.74. The zero-order valence-electron chi connectivity index (χ0n) is 18.8. The first-order valence-corrected chi connectivity index (χ1v) is 10.8. The Morgan fingerprint density at radius 2 is 1.75 bits per heavy atom. The van der Waals surface area contributed by atoms with E-state index in [-0.39, 0.29) is 5.82 Å². The molecular formula is C22H31N5O5. The molecule has 1 saturated heterocycles. The van der Waals surface area contributed by atoms with Crippen LogP contribution >= 0.6 is 0 Å². The van der Waals surface area contributed by atoms with Crippen molar-refractivity contribution >= 4 is 23.1 Å². The van der Waals surface area contributed by atoms with Gasteiger partial charge < -0.3 is 25.4 Å². The maximum absolute atomic E-state index is 13.2. The molecule has 0 saturated carbocycles. The van der Waals surface area contributed by atoms with Gasteiger partial charge in [-0.3, -0.25) is 14.2 Å². The van der Waals surface area contributed by atoms with Crippen LogP contribution in [0.5, 0.6) is 11.5 Å². The van der Waals surface area contributed by atoms with Gasteiger partial charge in [0.2, 0.25) is 5.91 Å². The lowest BCUT2D eigenvalue weighted by molar-refractivity contribution is -0.116. The molecule has 0 aliphatic carbocycles. The van der Waals surface area contributed by atoms with Crippen LogP contribution in [0.4, 0.5) is 17.2 Å². The molecular weight excluding hydrogens is 414 g/mol. The lowest BCUT2D eigenvalue weighted by atomic mass is 10.1. The molecule has 174 valence electrons. The number of nitrogens with two attached hydrogens (primary N) is 1. The Hall–Kier alpha value is -3.43. The van der Waals surface area contributed by atoms with Gasteiger partial charge in [0.05, 0.1) is 14.2 Å². The molecule has 0 radical (unpaired) electrons. The maximum Gasteiger partial charge on any atom is 0.333 e. The van der Waals surface area contributed by atoms with E-state index < -0.39 is 23.7 Å². The molecule has 1 aromatic heterocycles. The molecule has 1 aromatic carbocycles. The zero-order valence-corrected chi connectivity index (χ0v) is 18.8. The summed E-state index contributed by atoms with van der Waals surface area (Å²) in [5.74, 6) is 0.635. The predicted octanol–water partition coefficient (Wildman–Crippen LogP) is 1.65. The summed E-state index contributed by atoms with van der Waals surface area (Å²) in [6.07, 6.45) is 3.66. The number of nitrogens with zero attached hydrogens (tertiary/aromatic N) is 3. The van der Waals surface area contributed by atoms with Crippen molar-refractivity contribution < 1.29 is 14.3 Å². The predicted molar refractivity (Wildman–Crippen MR) is 124 cm³/mol. The summed E-state index contributed by atoms with van der Waals surface area (Å²) in [6.45, 7) is 3.26. The quantitative estimate of drug-likeness (QED) is 0.634. The Balaban J connectivity index is 1.94. The molecule has 32 heavy (non-hydrogen) atoms. The molecule has 0 spiro atoms. The highest BCUT2D eigenvalue weighted by Crippen LogP contribution is 2.29. The monoisotopic (exact) mass is 445 g/mol. The average molecular weight is 446 g/mol. The van der Waals surface area contributed by atoms with Crippen LogP contribution in [0.15, 0.2) is 27.8 Å². The van der Waals surface area contributed by atoms with Crippen LogP contribution in [0, 0.1) is 0 Å². The molecule has 10 heteroatoms. The SMILES string of the molecule is CCCn1c(N)c(N2CCCCC2)c(=O)n(CC(=O)Nc2ccc(OC)c(OC)c2)c1=O. The average Bonchev–Trinajstić information content (AvgIpc) is 2.80. The van der Waals surface area contributed by atoms with Crippen LogP contribution in [0.1, 0.15) is 32.6 Å². The van der Waals surface area contributed by atoms with Crippen molar-refractivity contribution in [1.29, 1.82) is 0 Å². The molecule has 10 nitrogen and oxygen atoms in total. The minimum absolute atomic E-state index is 0.167. The number of hydrogen-bond donors (Lipinski definition) is 2. The van der Waals surface area contributed by atoms with E-state index in [4.69, 9.17) is 15.2 Å². The van der Waals surface area contributed by atoms with E-state index >= 15 is 0 Å².